The largest absolute Gasteiger partial charge is 0.481 e. The van der Waals surface area contributed by atoms with Crippen LogP contribution in [0, 0.1) is 0 Å². The molecule has 1 aliphatic carbocycles. The first-order valence-electron chi connectivity index (χ1n) is 9.81. The van der Waals surface area contributed by atoms with E-state index in [-0.39, 0.29) is 17.1 Å². The third kappa shape index (κ3) is 3.11. The molecule has 2 aliphatic rings. The number of nitrogens with zero attached hydrogens (tertiary/aromatic N) is 3. The number of amides is 2. The summed E-state index contributed by atoms with van der Waals surface area (Å²) in [6.45, 7) is 0.679. The number of ether oxygens (including phenoxy) is 1. The monoisotopic (exact) mass is 380 g/mol. The minimum atomic E-state index is -0.175. The predicted molar refractivity (Wildman–Crippen MR) is 110 cm³/mol. The van der Waals surface area contributed by atoms with Crippen LogP contribution < -0.4 is 15.0 Å². The van der Waals surface area contributed by atoms with Crippen molar-refractivity contribution in [1.29, 1.82) is 0 Å². The van der Waals surface area contributed by atoms with Crippen molar-refractivity contribution in [2.45, 2.75) is 36.8 Å². The molecule has 0 unspecified atom stereocenters. The zero-order chi connectivity index (χ0) is 19.8. The van der Waals surface area contributed by atoms with Crippen molar-refractivity contribution in [3.05, 3.63) is 54.2 Å². The first-order chi connectivity index (χ1) is 13.5. The summed E-state index contributed by atoms with van der Waals surface area (Å²) in [7, 11) is 5.91. The molecule has 1 spiro atoms. The van der Waals surface area contributed by atoms with E-state index in [0.29, 0.717) is 12.4 Å². The van der Waals surface area contributed by atoms with Crippen molar-refractivity contribution in [3.8, 4) is 5.88 Å². The topological polar surface area (TPSA) is 57.7 Å². The van der Waals surface area contributed by atoms with Crippen molar-refractivity contribution >= 4 is 11.7 Å². The van der Waals surface area contributed by atoms with Gasteiger partial charge in [-0.3, -0.25) is 9.80 Å². The van der Waals surface area contributed by atoms with E-state index >= 15 is 0 Å². The number of urea groups is 1. The first-order valence-corrected chi connectivity index (χ1v) is 9.81. The number of carbonyl (C=O) groups excluding carboxylic acids is 1. The van der Waals surface area contributed by atoms with Crippen LogP contribution in [0.25, 0.3) is 0 Å². The summed E-state index contributed by atoms with van der Waals surface area (Å²) in [6, 6.07) is 14.4. The Bertz CT molecular complexity index is 827. The lowest BCUT2D eigenvalue weighted by atomic mass is 9.69. The molecule has 148 valence electrons. The average Bonchev–Trinajstić information content (AvgIpc) is 3.05. The molecule has 2 aromatic rings. The van der Waals surface area contributed by atoms with Gasteiger partial charge in [0.25, 0.3) is 0 Å². The number of nitrogens with one attached hydrogen (secondary N) is 1. The van der Waals surface area contributed by atoms with Gasteiger partial charge in [-0.2, -0.15) is 0 Å². The van der Waals surface area contributed by atoms with Crippen LogP contribution in [0.3, 0.4) is 0 Å². The van der Waals surface area contributed by atoms with Gasteiger partial charge in [0.15, 0.2) is 0 Å². The van der Waals surface area contributed by atoms with Crippen molar-refractivity contribution in [2.24, 2.45) is 0 Å². The van der Waals surface area contributed by atoms with Crippen molar-refractivity contribution in [2.75, 3.05) is 32.6 Å². The lowest BCUT2D eigenvalue weighted by Gasteiger charge is -2.48. The zero-order valence-corrected chi connectivity index (χ0v) is 16.8. The highest BCUT2D eigenvalue weighted by molar-refractivity contribution is 5.95. The van der Waals surface area contributed by atoms with Crippen molar-refractivity contribution in [3.63, 3.8) is 0 Å². The summed E-state index contributed by atoms with van der Waals surface area (Å²) in [5, 5.41) is 3.28. The van der Waals surface area contributed by atoms with Crippen LogP contribution in [0.4, 0.5) is 10.5 Å². The summed E-state index contributed by atoms with van der Waals surface area (Å²) in [5.74, 6) is 0.550. The Hall–Kier alpha value is -2.60. The Morgan fingerprint density at radius 1 is 1.07 bits per heavy atom. The zero-order valence-electron chi connectivity index (χ0n) is 16.8. The Labute approximate surface area is 166 Å². The quantitative estimate of drug-likeness (QED) is 0.883. The molecule has 28 heavy (non-hydrogen) atoms. The molecule has 0 bridgehead atoms. The minimum Gasteiger partial charge on any atom is -0.481 e. The normalized spacial score (nSPS) is 27.3. The number of aromatic nitrogens is 1. The second-order valence-electron chi connectivity index (χ2n) is 8.15. The van der Waals surface area contributed by atoms with Crippen LogP contribution in [0.5, 0.6) is 5.88 Å². The maximum Gasteiger partial charge on any atom is 0.322 e. The van der Waals surface area contributed by atoms with E-state index in [9.17, 15) is 4.79 Å². The van der Waals surface area contributed by atoms with Crippen molar-refractivity contribution in [1.82, 2.24) is 15.2 Å². The van der Waals surface area contributed by atoms with Gasteiger partial charge >= 0.3 is 6.03 Å². The highest BCUT2D eigenvalue weighted by Crippen LogP contribution is 2.46. The lowest BCUT2D eigenvalue weighted by molar-refractivity contribution is 0.0658. The van der Waals surface area contributed by atoms with Gasteiger partial charge in [-0.25, -0.2) is 9.78 Å². The summed E-state index contributed by atoms with van der Waals surface area (Å²) in [4.78, 5) is 21.1. The van der Waals surface area contributed by atoms with Crippen LogP contribution in [0.15, 0.2) is 48.7 Å². The summed E-state index contributed by atoms with van der Waals surface area (Å²) < 4.78 is 5.12. The van der Waals surface area contributed by atoms with Gasteiger partial charge in [0, 0.05) is 11.6 Å². The van der Waals surface area contributed by atoms with Gasteiger partial charge in [0.1, 0.15) is 0 Å². The second-order valence-corrected chi connectivity index (χ2v) is 8.15. The Kier molecular flexibility index (Phi) is 4.75. The first kappa shape index (κ1) is 18.7. The van der Waals surface area contributed by atoms with E-state index in [1.165, 1.54) is 5.56 Å². The molecule has 6 heteroatoms. The van der Waals surface area contributed by atoms with E-state index in [2.05, 4.69) is 59.6 Å². The molecule has 1 aromatic carbocycles. The Morgan fingerprint density at radius 2 is 1.79 bits per heavy atom. The smallest absolute Gasteiger partial charge is 0.322 e. The number of anilines is 1. The molecule has 2 fully saturated rings. The molecule has 4 rings (SSSR count). The number of pyridine rings is 1. The fourth-order valence-corrected chi connectivity index (χ4v) is 4.74. The molecule has 0 atom stereocenters. The molecule has 0 radical (unpaired) electrons. The average molecular weight is 380 g/mol. The van der Waals surface area contributed by atoms with E-state index in [0.717, 1.165) is 31.4 Å². The molecule has 1 saturated heterocycles. The molecular weight excluding hydrogens is 352 g/mol. The predicted octanol–water partition coefficient (Wildman–Crippen LogP) is 3.39. The van der Waals surface area contributed by atoms with Crippen LogP contribution in [-0.2, 0) is 5.54 Å². The Morgan fingerprint density at radius 3 is 2.36 bits per heavy atom. The third-order valence-electron chi connectivity index (χ3n) is 6.52. The maximum atomic E-state index is 12.7. The van der Waals surface area contributed by atoms with Gasteiger partial charge in [0.2, 0.25) is 5.88 Å². The van der Waals surface area contributed by atoms with Gasteiger partial charge < -0.3 is 10.1 Å². The number of rotatable bonds is 4. The standard InChI is InChI=1S/C22H28N4O2/c1-25(2)22(17-7-5-4-6-8-17)13-11-21(12-14-22)16-26(20(27)24-21)18-9-10-19(28-3)23-15-18/h4-10,15H,11-14,16H2,1-3H3,(H,24,27)/t21-,22+. The minimum absolute atomic E-state index is 0.0202. The van der Waals surface area contributed by atoms with E-state index in [4.69, 9.17) is 4.74 Å². The maximum absolute atomic E-state index is 12.7. The summed E-state index contributed by atoms with van der Waals surface area (Å²) >= 11 is 0. The molecule has 1 N–H and O–H groups in total. The lowest BCUT2D eigenvalue weighted by Crippen LogP contribution is -2.54. The summed E-state index contributed by atoms with van der Waals surface area (Å²) in [6.07, 6.45) is 5.63. The van der Waals surface area contributed by atoms with Gasteiger partial charge in [-0.1, -0.05) is 30.3 Å². The van der Waals surface area contributed by atoms with Gasteiger partial charge in [-0.05, 0) is 51.4 Å². The van der Waals surface area contributed by atoms with E-state index < -0.39 is 0 Å². The van der Waals surface area contributed by atoms with Gasteiger partial charge in [-0.15, -0.1) is 0 Å². The molecule has 1 saturated carbocycles. The summed E-state index contributed by atoms with van der Waals surface area (Å²) in [5.41, 5.74) is 2.01. The second kappa shape index (κ2) is 7.09. The van der Waals surface area contributed by atoms with Gasteiger partial charge in [0.05, 0.1) is 31.1 Å². The van der Waals surface area contributed by atoms with Crippen LogP contribution in [0.2, 0.25) is 0 Å². The Balaban J connectivity index is 1.53. The molecule has 2 amide bonds. The number of carbonyl (C=O) groups is 1. The van der Waals surface area contributed by atoms with Crippen LogP contribution in [-0.4, -0.2) is 49.2 Å². The molecular formula is C22H28N4O2. The number of hydrogen-bond acceptors (Lipinski definition) is 4. The SMILES string of the molecule is COc1ccc(N2C[C@]3(CC[C@](c4ccccc4)(N(C)C)CC3)NC2=O)cn1. The molecule has 2 heterocycles. The molecule has 6 nitrogen and oxygen atoms in total. The number of hydrogen-bond donors (Lipinski definition) is 1. The molecule has 1 aliphatic heterocycles. The number of methoxy groups -OCH3 is 1. The highest BCUT2D eigenvalue weighted by Gasteiger charge is 2.50. The fourth-order valence-electron chi connectivity index (χ4n) is 4.74. The van der Waals surface area contributed by atoms with E-state index in [1.807, 2.05) is 6.07 Å². The van der Waals surface area contributed by atoms with Crippen LogP contribution in [0.1, 0.15) is 31.2 Å². The van der Waals surface area contributed by atoms with Crippen molar-refractivity contribution < 1.29 is 9.53 Å². The highest BCUT2D eigenvalue weighted by atomic mass is 16.5. The molecule has 1 aromatic heterocycles. The third-order valence-corrected chi connectivity index (χ3v) is 6.52. The van der Waals surface area contributed by atoms with E-state index in [1.54, 1.807) is 24.3 Å². The fraction of sp³-hybridized carbons (Fsp3) is 0.455. The number of benzene rings is 1. The van der Waals surface area contributed by atoms with Crippen LogP contribution >= 0.6 is 0 Å².